The van der Waals surface area contributed by atoms with Crippen molar-refractivity contribution in [1.82, 2.24) is 24.4 Å². The Bertz CT molecular complexity index is 1250. The van der Waals surface area contributed by atoms with E-state index in [9.17, 15) is 9.59 Å². The molecule has 9 heteroatoms. The van der Waals surface area contributed by atoms with Crippen molar-refractivity contribution in [2.75, 3.05) is 13.1 Å². The van der Waals surface area contributed by atoms with Crippen LogP contribution in [0.3, 0.4) is 0 Å². The predicted octanol–water partition coefficient (Wildman–Crippen LogP) is 3.31. The topological polar surface area (TPSA) is 86.2 Å². The maximum absolute atomic E-state index is 12.9. The monoisotopic (exact) mass is 435 g/mol. The summed E-state index contributed by atoms with van der Waals surface area (Å²) in [7, 11) is 1.67. The van der Waals surface area contributed by atoms with Crippen LogP contribution in [0.2, 0.25) is 0 Å². The van der Waals surface area contributed by atoms with Crippen LogP contribution in [-0.4, -0.2) is 43.4 Å². The molecule has 4 heterocycles. The number of para-hydroxylation sites is 1. The van der Waals surface area contributed by atoms with E-state index in [4.69, 9.17) is 4.52 Å². The minimum Gasteiger partial charge on any atom is -0.355 e. The van der Waals surface area contributed by atoms with Crippen molar-refractivity contribution in [3.8, 4) is 16.3 Å². The summed E-state index contributed by atoms with van der Waals surface area (Å²) >= 11 is 1.54. The van der Waals surface area contributed by atoms with Gasteiger partial charge in [-0.15, -0.1) is 11.3 Å². The molecule has 8 nitrogen and oxygen atoms in total. The van der Waals surface area contributed by atoms with Gasteiger partial charge in [0.25, 0.3) is 5.91 Å². The van der Waals surface area contributed by atoms with Crippen LogP contribution in [0.1, 0.15) is 35.1 Å². The summed E-state index contributed by atoms with van der Waals surface area (Å²) in [6.45, 7) is 1.15. The second-order valence-corrected chi connectivity index (χ2v) is 8.50. The average Bonchev–Trinajstić information content (AvgIpc) is 3.55. The average molecular weight is 436 g/mol. The number of rotatable bonds is 4. The number of amides is 1. The fraction of sp³-hybridized carbons (Fsp3) is 0.273. The Hall–Kier alpha value is -3.46. The van der Waals surface area contributed by atoms with Crippen molar-refractivity contribution in [3.05, 3.63) is 75.9 Å². The Morgan fingerprint density at radius 1 is 1.13 bits per heavy atom. The molecule has 31 heavy (non-hydrogen) atoms. The zero-order valence-corrected chi connectivity index (χ0v) is 17.8. The standard InChI is InChI=1S/C22H21N5O3S/c1-25-22(29)27(16-6-3-2-4-7-16)20(23-25)15-9-11-26(12-10-15)21(28)17-14-18(30-24-17)19-8-5-13-31-19/h2-8,13-15H,9-12H2,1H3. The van der Waals surface area contributed by atoms with Crippen LogP contribution in [0.4, 0.5) is 0 Å². The van der Waals surface area contributed by atoms with Crippen LogP contribution in [0.15, 0.2) is 63.2 Å². The molecule has 0 N–H and O–H groups in total. The molecule has 0 aliphatic carbocycles. The van der Waals surface area contributed by atoms with Crippen molar-refractivity contribution in [3.63, 3.8) is 0 Å². The maximum Gasteiger partial charge on any atom is 0.350 e. The number of carbonyl (C=O) groups excluding carboxylic acids is 1. The number of thiophene rings is 1. The van der Waals surface area contributed by atoms with Gasteiger partial charge in [-0.1, -0.05) is 29.4 Å². The van der Waals surface area contributed by atoms with Crippen molar-refractivity contribution in [2.24, 2.45) is 7.05 Å². The molecule has 1 amide bonds. The first kappa shape index (κ1) is 19.5. The number of piperidine rings is 1. The van der Waals surface area contributed by atoms with E-state index < -0.39 is 0 Å². The normalized spacial score (nSPS) is 14.8. The van der Waals surface area contributed by atoms with Gasteiger partial charge in [-0.2, -0.15) is 5.10 Å². The molecule has 0 bridgehead atoms. The number of aromatic nitrogens is 4. The first-order valence-corrected chi connectivity index (χ1v) is 11.0. The fourth-order valence-corrected chi connectivity index (χ4v) is 4.65. The number of nitrogens with zero attached hydrogens (tertiary/aromatic N) is 5. The van der Waals surface area contributed by atoms with Gasteiger partial charge in [0.2, 0.25) is 0 Å². The number of aryl methyl sites for hydroxylation is 1. The Kier molecular flexibility index (Phi) is 5.03. The summed E-state index contributed by atoms with van der Waals surface area (Å²) in [5.41, 5.74) is 0.960. The maximum atomic E-state index is 12.9. The van der Waals surface area contributed by atoms with E-state index in [2.05, 4.69) is 10.3 Å². The second kappa shape index (κ2) is 7.99. The van der Waals surface area contributed by atoms with E-state index in [-0.39, 0.29) is 17.5 Å². The number of carbonyl (C=O) groups is 1. The Labute approximate surface area is 182 Å². The zero-order chi connectivity index (χ0) is 21.4. The fourth-order valence-electron chi connectivity index (χ4n) is 3.98. The second-order valence-electron chi connectivity index (χ2n) is 7.56. The molecule has 0 spiro atoms. The van der Waals surface area contributed by atoms with Gasteiger partial charge < -0.3 is 9.42 Å². The van der Waals surface area contributed by atoms with E-state index in [1.807, 2.05) is 47.8 Å². The summed E-state index contributed by atoms with van der Waals surface area (Å²) in [5.74, 6) is 1.31. The van der Waals surface area contributed by atoms with Crippen LogP contribution in [-0.2, 0) is 7.05 Å². The zero-order valence-electron chi connectivity index (χ0n) is 17.0. The van der Waals surface area contributed by atoms with Gasteiger partial charge in [0.15, 0.2) is 11.5 Å². The van der Waals surface area contributed by atoms with E-state index in [1.165, 1.54) is 4.68 Å². The third kappa shape index (κ3) is 3.61. The molecule has 1 aliphatic heterocycles. The summed E-state index contributed by atoms with van der Waals surface area (Å²) in [4.78, 5) is 28.3. The van der Waals surface area contributed by atoms with Crippen LogP contribution < -0.4 is 5.69 Å². The van der Waals surface area contributed by atoms with E-state index in [0.717, 1.165) is 29.2 Å². The molecule has 5 rings (SSSR count). The molecule has 1 fully saturated rings. The van der Waals surface area contributed by atoms with E-state index in [0.29, 0.717) is 24.5 Å². The molecule has 0 radical (unpaired) electrons. The van der Waals surface area contributed by atoms with Crippen molar-refractivity contribution >= 4 is 17.2 Å². The van der Waals surface area contributed by atoms with Gasteiger partial charge in [-0.3, -0.25) is 4.79 Å². The highest BCUT2D eigenvalue weighted by Gasteiger charge is 2.30. The Morgan fingerprint density at radius 3 is 2.61 bits per heavy atom. The number of hydrogen-bond donors (Lipinski definition) is 0. The highest BCUT2D eigenvalue weighted by molar-refractivity contribution is 7.13. The minimum absolute atomic E-state index is 0.0946. The molecule has 1 aliphatic rings. The largest absolute Gasteiger partial charge is 0.355 e. The first-order chi connectivity index (χ1) is 15.1. The van der Waals surface area contributed by atoms with Crippen molar-refractivity contribution < 1.29 is 9.32 Å². The van der Waals surface area contributed by atoms with Crippen LogP contribution in [0.25, 0.3) is 16.3 Å². The van der Waals surface area contributed by atoms with Crippen LogP contribution in [0.5, 0.6) is 0 Å². The number of likely N-dealkylation sites (tertiary alicyclic amines) is 1. The molecule has 158 valence electrons. The lowest BCUT2D eigenvalue weighted by atomic mass is 9.95. The SMILES string of the molecule is Cn1nc(C2CCN(C(=O)c3cc(-c4cccs4)on3)CC2)n(-c2ccccc2)c1=O. The van der Waals surface area contributed by atoms with Crippen LogP contribution >= 0.6 is 11.3 Å². The molecule has 0 atom stereocenters. The first-order valence-electron chi connectivity index (χ1n) is 10.1. The molecule has 0 unspecified atom stereocenters. The summed E-state index contributed by atoms with van der Waals surface area (Å²) < 4.78 is 8.40. The highest BCUT2D eigenvalue weighted by atomic mass is 32.1. The van der Waals surface area contributed by atoms with Gasteiger partial charge in [-0.05, 0) is 36.4 Å². The lowest BCUT2D eigenvalue weighted by Crippen LogP contribution is -2.38. The number of hydrogen-bond acceptors (Lipinski definition) is 6. The number of benzene rings is 1. The molecule has 0 saturated carbocycles. The minimum atomic E-state index is -0.164. The third-order valence-corrected chi connectivity index (χ3v) is 6.49. The van der Waals surface area contributed by atoms with Crippen LogP contribution in [0, 0.1) is 0 Å². The molecule has 3 aromatic heterocycles. The quantitative estimate of drug-likeness (QED) is 0.491. The molecule has 4 aromatic rings. The summed E-state index contributed by atoms with van der Waals surface area (Å²) in [6.07, 6.45) is 1.45. The van der Waals surface area contributed by atoms with Crippen molar-refractivity contribution in [1.29, 1.82) is 0 Å². The van der Waals surface area contributed by atoms with Gasteiger partial charge in [0.1, 0.15) is 5.82 Å². The Balaban J connectivity index is 1.32. The van der Waals surface area contributed by atoms with Crippen molar-refractivity contribution in [2.45, 2.75) is 18.8 Å². The molecular weight excluding hydrogens is 414 g/mol. The highest BCUT2D eigenvalue weighted by Crippen LogP contribution is 2.29. The van der Waals surface area contributed by atoms with Gasteiger partial charge >= 0.3 is 5.69 Å². The molecule has 1 aromatic carbocycles. The lowest BCUT2D eigenvalue weighted by molar-refractivity contribution is 0.0700. The van der Waals surface area contributed by atoms with Gasteiger partial charge in [-0.25, -0.2) is 14.0 Å². The summed E-state index contributed by atoms with van der Waals surface area (Å²) in [6, 6.07) is 15.1. The lowest BCUT2D eigenvalue weighted by Gasteiger charge is -2.31. The van der Waals surface area contributed by atoms with Gasteiger partial charge in [0, 0.05) is 32.1 Å². The van der Waals surface area contributed by atoms with E-state index >= 15 is 0 Å². The summed E-state index contributed by atoms with van der Waals surface area (Å²) in [5, 5.41) is 10.4. The molecule has 1 saturated heterocycles. The third-order valence-electron chi connectivity index (χ3n) is 5.60. The Morgan fingerprint density at radius 2 is 1.90 bits per heavy atom. The predicted molar refractivity (Wildman–Crippen MR) is 116 cm³/mol. The van der Waals surface area contributed by atoms with Gasteiger partial charge in [0.05, 0.1) is 10.6 Å². The van der Waals surface area contributed by atoms with E-state index in [1.54, 1.807) is 33.9 Å². The molecular formula is C22H21N5O3S. The smallest absolute Gasteiger partial charge is 0.350 e.